The number of nitrogens with zero attached hydrogens (tertiary/aromatic N) is 1. The molecule has 0 heterocycles. The number of allylic oxidation sites excluding steroid dienone is 2. The molecule has 1 rings (SSSR count). The first-order valence-electron chi connectivity index (χ1n) is 4.76. The molecular weight excluding hydrogens is 162 g/mol. The van der Waals surface area contributed by atoms with Crippen molar-refractivity contribution in [2.24, 2.45) is 0 Å². The van der Waals surface area contributed by atoms with Crippen LogP contribution in [0, 0.1) is 0 Å². The van der Waals surface area contributed by atoms with E-state index in [-0.39, 0.29) is 0 Å². The molecule has 13 heavy (non-hydrogen) atoms. The zero-order valence-electron chi connectivity index (χ0n) is 9.00. The lowest BCUT2D eigenvalue weighted by molar-refractivity contribution is 0.258. The number of likely N-dealkylation sites (N-methyl/N-ethyl adjacent to an activating group) is 1. The lowest BCUT2D eigenvalue weighted by atomic mass is 9.99. The van der Waals surface area contributed by atoms with Gasteiger partial charge in [0.1, 0.15) is 5.76 Å². The number of ether oxygens (including phenoxy) is 1. The predicted octanol–water partition coefficient (Wildman–Crippen LogP) is 2.19. The van der Waals surface area contributed by atoms with Gasteiger partial charge in [-0.05, 0) is 27.4 Å². The maximum absolute atomic E-state index is 5.38. The summed E-state index contributed by atoms with van der Waals surface area (Å²) in [6, 6.07) is 0.437. The van der Waals surface area contributed by atoms with Crippen molar-refractivity contribution in [1.29, 1.82) is 0 Å². The molecule has 1 unspecified atom stereocenters. The van der Waals surface area contributed by atoms with Gasteiger partial charge in [-0.2, -0.15) is 0 Å². The van der Waals surface area contributed by atoms with Gasteiger partial charge < -0.3 is 9.64 Å². The largest absolute Gasteiger partial charge is 0.501 e. The van der Waals surface area contributed by atoms with Crippen LogP contribution in [0.5, 0.6) is 0 Å². The summed E-state index contributed by atoms with van der Waals surface area (Å²) in [7, 11) is 5.94. The van der Waals surface area contributed by atoms with Gasteiger partial charge >= 0.3 is 0 Å². The van der Waals surface area contributed by atoms with E-state index < -0.39 is 0 Å². The van der Waals surface area contributed by atoms with Crippen molar-refractivity contribution in [2.75, 3.05) is 21.2 Å². The van der Waals surface area contributed by atoms with E-state index in [0.29, 0.717) is 6.04 Å². The van der Waals surface area contributed by atoms with Gasteiger partial charge in [-0.1, -0.05) is 12.2 Å². The molecule has 0 aromatic heterocycles. The predicted molar refractivity (Wildman–Crippen MR) is 55.6 cm³/mol. The Labute approximate surface area is 80.9 Å². The summed E-state index contributed by atoms with van der Waals surface area (Å²) < 4.78 is 5.38. The van der Waals surface area contributed by atoms with E-state index in [1.807, 2.05) is 0 Å². The van der Waals surface area contributed by atoms with Gasteiger partial charge in [0, 0.05) is 18.0 Å². The second-order valence-corrected chi connectivity index (χ2v) is 3.66. The van der Waals surface area contributed by atoms with Crippen LogP contribution >= 0.6 is 0 Å². The highest BCUT2D eigenvalue weighted by molar-refractivity contribution is 5.30. The summed E-state index contributed by atoms with van der Waals surface area (Å²) in [5, 5.41) is 0. The average molecular weight is 181 g/mol. The molecule has 0 fully saturated rings. The summed E-state index contributed by atoms with van der Waals surface area (Å²) in [4.78, 5) is 2.20. The van der Waals surface area contributed by atoms with Crippen molar-refractivity contribution in [3.63, 3.8) is 0 Å². The topological polar surface area (TPSA) is 12.5 Å². The zero-order valence-corrected chi connectivity index (χ0v) is 9.00. The Bertz CT molecular complexity index is 228. The maximum atomic E-state index is 5.38. The number of hydrogen-bond acceptors (Lipinski definition) is 2. The molecule has 1 aliphatic rings. The van der Waals surface area contributed by atoms with Gasteiger partial charge in [0.15, 0.2) is 0 Å². The Morgan fingerprint density at radius 1 is 1.46 bits per heavy atom. The minimum Gasteiger partial charge on any atom is -0.501 e. The minimum absolute atomic E-state index is 0.437. The average Bonchev–Trinajstić information content (AvgIpc) is 2.16. The molecule has 0 radical (unpaired) electrons. The first kappa shape index (κ1) is 10.3. The molecule has 0 saturated heterocycles. The standard InChI is InChI=1S/C11H19NO/c1-9(12(2)3)10-7-5-6-8-11(10)13-4/h5,7,9H,6,8H2,1-4H3. The van der Waals surface area contributed by atoms with Gasteiger partial charge in [0.25, 0.3) is 0 Å². The Morgan fingerprint density at radius 3 is 2.69 bits per heavy atom. The first-order valence-corrected chi connectivity index (χ1v) is 4.76. The molecule has 74 valence electrons. The highest BCUT2D eigenvalue weighted by atomic mass is 16.5. The molecule has 0 amide bonds. The summed E-state index contributed by atoms with van der Waals surface area (Å²) in [6.45, 7) is 2.20. The van der Waals surface area contributed by atoms with Gasteiger partial charge in [-0.15, -0.1) is 0 Å². The third-order valence-electron chi connectivity index (χ3n) is 2.63. The number of rotatable bonds is 3. The van der Waals surface area contributed by atoms with Crippen LogP contribution in [0.2, 0.25) is 0 Å². The van der Waals surface area contributed by atoms with E-state index in [9.17, 15) is 0 Å². The fraction of sp³-hybridized carbons (Fsp3) is 0.636. The molecule has 0 saturated carbocycles. The second kappa shape index (κ2) is 4.47. The third-order valence-corrected chi connectivity index (χ3v) is 2.63. The second-order valence-electron chi connectivity index (χ2n) is 3.66. The Morgan fingerprint density at radius 2 is 2.15 bits per heavy atom. The highest BCUT2D eigenvalue weighted by Gasteiger charge is 2.16. The normalized spacial score (nSPS) is 19.5. The Balaban J connectivity index is 2.85. The molecule has 0 N–H and O–H groups in total. The van der Waals surface area contributed by atoms with Gasteiger partial charge in [-0.3, -0.25) is 0 Å². The van der Waals surface area contributed by atoms with Crippen LogP contribution in [-0.4, -0.2) is 32.1 Å². The van der Waals surface area contributed by atoms with Crippen molar-refractivity contribution < 1.29 is 4.74 Å². The Kier molecular flexibility index (Phi) is 3.55. The minimum atomic E-state index is 0.437. The summed E-state index contributed by atoms with van der Waals surface area (Å²) in [5.74, 6) is 1.14. The van der Waals surface area contributed by atoms with E-state index in [1.165, 1.54) is 5.57 Å². The zero-order chi connectivity index (χ0) is 9.84. The van der Waals surface area contributed by atoms with Crippen molar-refractivity contribution in [2.45, 2.75) is 25.8 Å². The maximum Gasteiger partial charge on any atom is 0.101 e. The molecule has 0 aromatic rings. The fourth-order valence-corrected chi connectivity index (χ4v) is 1.53. The van der Waals surface area contributed by atoms with Crippen molar-refractivity contribution in [3.05, 3.63) is 23.5 Å². The number of hydrogen-bond donors (Lipinski definition) is 0. The van der Waals surface area contributed by atoms with Gasteiger partial charge in [-0.25, -0.2) is 0 Å². The van der Waals surface area contributed by atoms with Crippen molar-refractivity contribution in [1.82, 2.24) is 4.90 Å². The molecule has 1 aliphatic carbocycles. The molecule has 2 heteroatoms. The van der Waals surface area contributed by atoms with E-state index >= 15 is 0 Å². The summed E-state index contributed by atoms with van der Waals surface area (Å²) >= 11 is 0. The molecule has 0 aliphatic heterocycles. The third kappa shape index (κ3) is 2.34. The lowest BCUT2D eigenvalue weighted by Gasteiger charge is -2.25. The fourth-order valence-electron chi connectivity index (χ4n) is 1.53. The van der Waals surface area contributed by atoms with E-state index in [1.54, 1.807) is 7.11 Å². The van der Waals surface area contributed by atoms with Crippen LogP contribution in [0.25, 0.3) is 0 Å². The van der Waals surface area contributed by atoms with Crippen LogP contribution in [0.1, 0.15) is 19.8 Å². The van der Waals surface area contributed by atoms with Gasteiger partial charge in [0.05, 0.1) is 7.11 Å². The molecule has 1 atom stereocenters. The molecule has 0 aromatic carbocycles. The van der Waals surface area contributed by atoms with Crippen LogP contribution in [0.4, 0.5) is 0 Å². The first-order chi connectivity index (χ1) is 6.16. The van der Waals surface area contributed by atoms with E-state index in [2.05, 4.69) is 38.1 Å². The van der Waals surface area contributed by atoms with E-state index in [0.717, 1.165) is 18.6 Å². The molecule has 2 nitrogen and oxygen atoms in total. The lowest BCUT2D eigenvalue weighted by Crippen LogP contribution is -2.27. The Hall–Kier alpha value is -0.760. The van der Waals surface area contributed by atoms with Crippen LogP contribution in [0.3, 0.4) is 0 Å². The molecule has 0 spiro atoms. The molecule has 0 bridgehead atoms. The summed E-state index contributed by atoms with van der Waals surface area (Å²) in [5.41, 5.74) is 1.32. The van der Waals surface area contributed by atoms with Crippen LogP contribution in [-0.2, 0) is 4.74 Å². The SMILES string of the molecule is COC1=C(C(C)N(C)C)C=CCC1. The summed E-state index contributed by atoms with van der Waals surface area (Å²) in [6.07, 6.45) is 6.55. The van der Waals surface area contributed by atoms with Crippen LogP contribution in [0.15, 0.2) is 23.5 Å². The smallest absolute Gasteiger partial charge is 0.101 e. The van der Waals surface area contributed by atoms with Crippen molar-refractivity contribution in [3.8, 4) is 0 Å². The van der Waals surface area contributed by atoms with Crippen LogP contribution < -0.4 is 0 Å². The van der Waals surface area contributed by atoms with Crippen molar-refractivity contribution >= 4 is 0 Å². The quantitative estimate of drug-likeness (QED) is 0.661. The highest BCUT2D eigenvalue weighted by Crippen LogP contribution is 2.23. The molecular formula is C11H19NO. The number of methoxy groups -OCH3 is 1. The van der Waals surface area contributed by atoms with Gasteiger partial charge in [0.2, 0.25) is 0 Å². The monoisotopic (exact) mass is 181 g/mol. The van der Waals surface area contributed by atoms with E-state index in [4.69, 9.17) is 4.74 Å².